The fraction of sp³-hybridized carbons (Fsp3) is 0.571. The highest BCUT2D eigenvalue weighted by molar-refractivity contribution is 5.50. The molecule has 1 aliphatic rings. The van der Waals surface area contributed by atoms with E-state index >= 15 is 0 Å². The number of nitrogens with one attached hydrogen (secondary N) is 1. The zero-order valence-corrected chi connectivity index (χ0v) is 11.8. The first-order chi connectivity index (χ1) is 9.61. The SMILES string of the molecule is CCOc1cc(OC2CNCCC2C)ccc1[N+](=O)[O-]. The summed E-state index contributed by atoms with van der Waals surface area (Å²) in [5, 5.41) is 14.2. The molecule has 1 aliphatic heterocycles. The molecule has 2 unspecified atom stereocenters. The van der Waals surface area contributed by atoms with E-state index in [1.165, 1.54) is 6.07 Å². The van der Waals surface area contributed by atoms with Crippen molar-refractivity contribution in [3.63, 3.8) is 0 Å². The minimum absolute atomic E-state index is 0.0333. The molecule has 1 aromatic carbocycles. The summed E-state index contributed by atoms with van der Waals surface area (Å²) in [5.74, 6) is 1.33. The third-order valence-corrected chi connectivity index (χ3v) is 3.47. The Hall–Kier alpha value is -1.82. The molecule has 1 saturated heterocycles. The summed E-state index contributed by atoms with van der Waals surface area (Å²) in [6, 6.07) is 4.66. The van der Waals surface area contributed by atoms with Gasteiger partial charge in [0.1, 0.15) is 11.9 Å². The standard InChI is InChI=1S/C14H20N2O4/c1-3-19-13-8-11(4-5-12(13)16(17)18)20-14-9-15-7-6-10(14)2/h4-5,8,10,14-15H,3,6-7,9H2,1-2H3. The van der Waals surface area contributed by atoms with E-state index in [0.29, 0.717) is 18.3 Å². The van der Waals surface area contributed by atoms with Crippen LogP contribution in [0.3, 0.4) is 0 Å². The lowest BCUT2D eigenvalue weighted by molar-refractivity contribution is -0.385. The van der Waals surface area contributed by atoms with E-state index in [2.05, 4.69) is 12.2 Å². The van der Waals surface area contributed by atoms with E-state index in [4.69, 9.17) is 9.47 Å². The lowest BCUT2D eigenvalue weighted by atomic mass is 9.97. The van der Waals surface area contributed by atoms with Crippen LogP contribution in [-0.4, -0.2) is 30.7 Å². The van der Waals surface area contributed by atoms with Crippen molar-refractivity contribution in [1.29, 1.82) is 0 Å². The van der Waals surface area contributed by atoms with Gasteiger partial charge in [-0.1, -0.05) is 6.92 Å². The van der Waals surface area contributed by atoms with Crippen LogP contribution in [0.4, 0.5) is 5.69 Å². The van der Waals surface area contributed by atoms with Crippen LogP contribution in [0.1, 0.15) is 20.3 Å². The Bertz CT molecular complexity index is 478. The molecule has 2 atom stereocenters. The highest BCUT2D eigenvalue weighted by Crippen LogP contribution is 2.32. The molecule has 0 amide bonds. The van der Waals surface area contributed by atoms with E-state index < -0.39 is 4.92 Å². The number of benzene rings is 1. The Morgan fingerprint density at radius 1 is 1.50 bits per heavy atom. The summed E-state index contributed by atoms with van der Waals surface area (Å²) in [6.07, 6.45) is 1.15. The number of hydrogen-bond donors (Lipinski definition) is 1. The van der Waals surface area contributed by atoms with Crippen LogP contribution >= 0.6 is 0 Å². The van der Waals surface area contributed by atoms with Crippen LogP contribution in [-0.2, 0) is 0 Å². The average Bonchev–Trinajstić information content (AvgIpc) is 2.42. The second-order valence-electron chi connectivity index (χ2n) is 4.95. The number of rotatable bonds is 5. The molecule has 6 heteroatoms. The quantitative estimate of drug-likeness (QED) is 0.662. The van der Waals surface area contributed by atoms with Crippen LogP contribution in [0.15, 0.2) is 18.2 Å². The smallest absolute Gasteiger partial charge is 0.311 e. The molecule has 0 spiro atoms. The number of nitro groups is 1. The van der Waals surface area contributed by atoms with Gasteiger partial charge in [0.2, 0.25) is 5.75 Å². The molecule has 1 N–H and O–H groups in total. The summed E-state index contributed by atoms with van der Waals surface area (Å²) in [7, 11) is 0. The summed E-state index contributed by atoms with van der Waals surface area (Å²) in [4.78, 5) is 10.5. The van der Waals surface area contributed by atoms with Crippen molar-refractivity contribution in [2.45, 2.75) is 26.4 Å². The van der Waals surface area contributed by atoms with Crippen LogP contribution in [0.5, 0.6) is 11.5 Å². The van der Waals surface area contributed by atoms with Crippen molar-refractivity contribution in [2.24, 2.45) is 5.92 Å². The number of ether oxygens (including phenoxy) is 2. The van der Waals surface area contributed by atoms with E-state index in [-0.39, 0.29) is 17.5 Å². The molecule has 0 aromatic heterocycles. The predicted octanol–water partition coefficient (Wildman–Crippen LogP) is 2.37. The Morgan fingerprint density at radius 2 is 2.30 bits per heavy atom. The number of hydrogen-bond acceptors (Lipinski definition) is 5. The van der Waals surface area contributed by atoms with Crippen molar-refractivity contribution in [1.82, 2.24) is 5.32 Å². The molecule has 6 nitrogen and oxygen atoms in total. The summed E-state index contributed by atoms with van der Waals surface area (Å²) in [5.41, 5.74) is -0.0333. The molecule has 0 aliphatic carbocycles. The van der Waals surface area contributed by atoms with E-state index in [9.17, 15) is 10.1 Å². The van der Waals surface area contributed by atoms with Crippen molar-refractivity contribution in [3.05, 3.63) is 28.3 Å². The fourth-order valence-electron chi connectivity index (χ4n) is 2.28. The Morgan fingerprint density at radius 3 is 2.95 bits per heavy atom. The van der Waals surface area contributed by atoms with Crippen molar-refractivity contribution in [3.8, 4) is 11.5 Å². The Kier molecular flexibility index (Phi) is 4.79. The Balaban J connectivity index is 2.15. The van der Waals surface area contributed by atoms with Crippen LogP contribution in [0.25, 0.3) is 0 Å². The van der Waals surface area contributed by atoms with Crippen LogP contribution in [0, 0.1) is 16.0 Å². The van der Waals surface area contributed by atoms with Gasteiger partial charge in [-0.25, -0.2) is 0 Å². The van der Waals surface area contributed by atoms with Gasteiger partial charge in [0.25, 0.3) is 0 Å². The van der Waals surface area contributed by atoms with Gasteiger partial charge in [0, 0.05) is 18.7 Å². The summed E-state index contributed by atoms with van der Waals surface area (Å²) >= 11 is 0. The van der Waals surface area contributed by atoms with Crippen molar-refractivity contribution in [2.75, 3.05) is 19.7 Å². The molecule has 2 rings (SSSR count). The second kappa shape index (κ2) is 6.56. The lowest BCUT2D eigenvalue weighted by Crippen LogP contribution is -2.42. The zero-order valence-electron chi connectivity index (χ0n) is 11.8. The molecule has 110 valence electrons. The minimum Gasteiger partial charge on any atom is -0.489 e. The average molecular weight is 280 g/mol. The molecular formula is C14H20N2O4. The first-order valence-electron chi connectivity index (χ1n) is 6.90. The van der Waals surface area contributed by atoms with Gasteiger partial charge in [-0.3, -0.25) is 10.1 Å². The Labute approximate surface area is 118 Å². The maximum Gasteiger partial charge on any atom is 0.311 e. The largest absolute Gasteiger partial charge is 0.489 e. The van der Waals surface area contributed by atoms with E-state index in [0.717, 1.165) is 19.5 Å². The van der Waals surface area contributed by atoms with Gasteiger partial charge >= 0.3 is 5.69 Å². The molecule has 1 aromatic rings. The topological polar surface area (TPSA) is 73.6 Å². The van der Waals surface area contributed by atoms with Gasteiger partial charge in [0.05, 0.1) is 11.5 Å². The first-order valence-corrected chi connectivity index (χ1v) is 6.90. The third kappa shape index (κ3) is 3.39. The van der Waals surface area contributed by atoms with Gasteiger partial charge < -0.3 is 14.8 Å². The van der Waals surface area contributed by atoms with Crippen LogP contribution in [0.2, 0.25) is 0 Å². The molecule has 0 radical (unpaired) electrons. The lowest BCUT2D eigenvalue weighted by Gasteiger charge is -2.30. The minimum atomic E-state index is -0.445. The molecule has 20 heavy (non-hydrogen) atoms. The molecule has 0 bridgehead atoms. The number of nitrogens with zero attached hydrogens (tertiary/aromatic N) is 1. The maximum absolute atomic E-state index is 10.9. The molecule has 1 heterocycles. The van der Waals surface area contributed by atoms with E-state index in [1.54, 1.807) is 19.1 Å². The van der Waals surface area contributed by atoms with Gasteiger partial charge in [-0.05, 0) is 31.9 Å². The predicted molar refractivity (Wildman–Crippen MR) is 75.3 cm³/mol. The van der Waals surface area contributed by atoms with Gasteiger partial charge in [0.15, 0.2) is 0 Å². The summed E-state index contributed by atoms with van der Waals surface area (Å²) < 4.78 is 11.2. The zero-order chi connectivity index (χ0) is 14.5. The summed E-state index contributed by atoms with van der Waals surface area (Å²) in [6.45, 7) is 6.13. The molecule has 1 fully saturated rings. The third-order valence-electron chi connectivity index (χ3n) is 3.47. The highest BCUT2D eigenvalue weighted by atomic mass is 16.6. The molecular weight excluding hydrogens is 260 g/mol. The van der Waals surface area contributed by atoms with Crippen molar-refractivity contribution < 1.29 is 14.4 Å². The normalized spacial score (nSPS) is 22.3. The van der Waals surface area contributed by atoms with E-state index in [1.807, 2.05) is 0 Å². The monoisotopic (exact) mass is 280 g/mol. The fourth-order valence-corrected chi connectivity index (χ4v) is 2.28. The van der Waals surface area contributed by atoms with Crippen LogP contribution < -0.4 is 14.8 Å². The van der Waals surface area contributed by atoms with Crippen molar-refractivity contribution >= 4 is 5.69 Å². The van der Waals surface area contributed by atoms with Gasteiger partial charge in [-0.15, -0.1) is 0 Å². The molecule has 0 saturated carbocycles. The maximum atomic E-state index is 10.9. The number of nitro benzene ring substituents is 1. The second-order valence-corrected chi connectivity index (χ2v) is 4.95. The number of piperidine rings is 1. The highest BCUT2D eigenvalue weighted by Gasteiger charge is 2.24. The first kappa shape index (κ1) is 14.6. The van der Waals surface area contributed by atoms with Gasteiger partial charge in [-0.2, -0.15) is 0 Å².